The van der Waals surface area contributed by atoms with Gasteiger partial charge < -0.3 is 21.1 Å². The van der Waals surface area contributed by atoms with Crippen molar-refractivity contribution in [3.63, 3.8) is 0 Å². The number of carbonyl (C=O) groups is 1. The number of hydrogen-bond donors (Lipinski definition) is 2. The molecule has 0 aromatic rings. The second kappa shape index (κ2) is 7.07. The van der Waals surface area contributed by atoms with Crippen molar-refractivity contribution >= 4 is 5.91 Å². The van der Waals surface area contributed by atoms with Gasteiger partial charge in [-0.15, -0.1) is 0 Å². The van der Waals surface area contributed by atoms with Crippen molar-refractivity contribution in [1.82, 2.24) is 4.90 Å². The fraction of sp³-hybridized carbons (Fsp3) is 0.923. The minimum Gasteiger partial charge on any atom is -0.378 e. The minimum atomic E-state index is -0.871. The summed E-state index contributed by atoms with van der Waals surface area (Å²) in [6.45, 7) is 7.67. The van der Waals surface area contributed by atoms with Crippen molar-refractivity contribution in [3.05, 3.63) is 0 Å². The standard InChI is InChI=1S/C13H27N3O2/c1-3-18-11-5-9-16(10-6-11)8-4-7-13(2,15)12(14)17/h11H,3-10,15H2,1-2H3,(H2,14,17). The third kappa shape index (κ3) is 4.92. The molecule has 0 aliphatic carbocycles. The Labute approximate surface area is 110 Å². The number of piperidine rings is 1. The van der Waals surface area contributed by atoms with Gasteiger partial charge in [-0.1, -0.05) is 0 Å². The van der Waals surface area contributed by atoms with Gasteiger partial charge in [-0.25, -0.2) is 0 Å². The van der Waals surface area contributed by atoms with Gasteiger partial charge in [-0.3, -0.25) is 4.79 Å². The van der Waals surface area contributed by atoms with Crippen molar-refractivity contribution in [2.45, 2.75) is 51.2 Å². The lowest BCUT2D eigenvalue weighted by Gasteiger charge is -2.32. The van der Waals surface area contributed by atoms with E-state index in [1.54, 1.807) is 6.92 Å². The number of ether oxygens (including phenoxy) is 1. The van der Waals surface area contributed by atoms with Crippen LogP contribution in [0.3, 0.4) is 0 Å². The highest BCUT2D eigenvalue weighted by molar-refractivity contribution is 5.83. The molecule has 0 radical (unpaired) electrons. The Balaban J connectivity index is 2.16. The Hall–Kier alpha value is -0.650. The van der Waals surface area contributed by atoms with Gasteiger partial charge in [-0.05, 0) is 46.1 Å². The summed E-state index contributed by atoms with van der Waals surface area (Å²) in [5.74, 6) is -0.419. The molecule has 18 heavy (non-hydrogen) atoms. The summed E-state index contributed by atoms with van der Waals surface area (Å²) in [5, 5.41) is 0. The summed E-state index contributed by atoms with van der Waals surface area (Å²) in [4.78, 5) is 13.5. The highest BCUT2D eigenvalue weighted by Gasteiger charge is 2.25. The summed E-state index contributed by atoms with van der Waals surface area (Å²) in [7, 11) is 0. The molecular formula is C13H27N3O2. The van der Waals surface area contributed by atoms with E-state index in [9.17, 15) is 4.79 Å². The fourth-order valence-corrected chi connectivity index (χ4v) is 2.33. The smallest absolute Gasteiger partial charge is 0.237 e. The molecule has 0 saturated carbocycles. The zero-order valence-corrected chi connectivity index (χ0v) is 11.7. The van der Waals surface area contributed by atoms with Crippen LogP contribution in [0.4, 0.5) is 0 Å². The minimum absolute atomic E-state index is 0.419. The summed E-state index contributed by atoms with van der Waals surface area (Å²) in [6.07, 6.45) is 4.19. The predicted molar refractivity (Wildman–Crippen MR) is 72.1 cm³/mol. The first-order valence-electron chi connectivity index (χ1n) is 6.88. The first kappa shape index (κ1) is 15.4. The van der Waals surface area contributed by atoms with Crippen LogP contribution in [0.2, 0.25) is 0 Å². The lowest BCUT2D eigenvalue weighted by molar-refractivity contribution is -0.122. The quantitative estimate of drug-likeness (QED) is 0.694. The average molecular weight is 257 g/mol. The molecule has 5 heteroatoms. The lowest BCUT2D eigenvalue weighted by Crippen LogP contribution is -2.49. The van der Waals surface area contributed by atoms with E-state index in [0.717, 1.165) is 45.5 Å². The van der Waals surface area contributed by atoms with Gasteiger partial charge in [0.15, 0.2) is 0 Å². The third-order valence-corrected chi connectivity index (χ3v) is 3.67. The first-order chi connectivity index (χ1) is 8.45. The Morgan fingerprint density at radius 1 is 1.44 bits per heavy atom. The van der Waals surface area contributed by atoms with Gasteiger partial charge in [0.05, 0.1) is 11.6 Å². The van der Waals surface area contributed by atoms with Crippen LogP contribution in [-0.4, -0.2) is 48.7 Å². The zero-order valence-electron chi connectivity index (χ0n) is 11.7. The first-order valence-corrected chi connectivity index (χ1v) is 6.88. The van der Waals surface area contributed by atoms with Crippen LogP contribution < -0.4 is 11.5 Å². The molecule has 1 heterocycles. The molecule has 1 unspecified atom stereocenters. The molecule has 0 aromatic carbocycles. The van der Waals surface area contributed by atoms with Crippen LogP contribution in [0.25, 0.3) is 0 Å². The van der Waals surface area contributed by atoms with E-state index in [-0.39, 0.29) is 0 Å². The molecule has 0 aromatic heterocycles. The van der Waals surface area contributed by atoms with Gasteiger partial charge >= 0.3 is 0 Å². The van der Waals surface area contributed by atoms with Crippen molar-refractivity contribution in [1.29, 1.82) is 0 Å². The Kier molecular flexibility index (Phi) is 6.05. The summed E-state index contributed by atoms with van der Waals surface area (Å²) < 4.78 is 5.61. The highest BCUT2D eigenvalue weighted by Crippen LogP contribution is 2.15. The summed E-state index contributed by atoms with van der Waals surface area (Å²) >= 11 is 0. The number of hydrogen-bond acceptors (Lipinski definition) is 4. The van der Waals surface area contributed by atoms with E-state index < -0.39 is 11.4 Å². The Bertz CT molecular complexity index is 261. The van der Waals surface area contributed by atoms with E-state index >= 15 is 0 Å². The topological polar surface area (TPSA) is 81.6 Å². The van der Waals surface area contributed by atoms with Gasteiger partial charge in [-0.2, -0.15) is 0 Å². The molecule has 1 aliphatic heterocycles. The predicted octanol–water partition coefficient (Wildman–Crippen LogP) is 0.470. The molecule has 4 N–H and O–H groups in total. The van der Waals surface area contributed by atoms with E-state index in [0.29, 0.717) is 12.5 Å². The average Bonchev–Trinajstić information content (AvgIpc) is 2.31. The molecule has 1 amide bonds. The summed E-state index contributed by atoms with van der Waals surface area (Å²) in [6, 6.07) is 0. The number of likely N-dealkylation sites (tertiary alicyclic amines) is 1. The maximum Gasteiger partial charge on any atom is 0.237 e. The Morgan fingerprint density at radius 3 is 2.56 bits per heavy atom. The van der Waals surface area contributed by atoms with Crippen LogP contribution in [0.1, 0.15) is 39.5 Å². The van der Waals surface area contributed by atoms with Crippen molar-refractivity contribution in [2.24, 2.45) is 11.5 Å². The van der Waals surface area contributed by atoms with Crippen LogP contribution in [0.5, 0.6) is 0 Å². The second-order valence-corrected chi connectivity index (χ2v) is 5.38. The molecule has 106 valence electrons. The molecule has 0 spiro atoms. The molecule has 1 aliphatic rings. The SMILES string of the molecule is CCOC1CCN(CCCC(C)(N)C(N)=O)CC1. The van der Waals surface area contributed by atoms with Crippen LogP contribution in [-0.2, 0) is 9.53 Å². The van der Waals surface area contributed by atoms with Crippen LogP contribution in [0, 0.1) is 0 Å². The van der Waals surface area contributed by atoms with Gasteiger partial charge in [0, 0.05) is 19.7 Å². The third-order valence-electron chi connectivity index (χ3n) is 3.67. The van der Waals surface area contributed by atoms with Gasteiger partial charge in [0.25, 0.3) is 0 Å². The van der Waals surface area contributed by atoms with E-state index in [1.165, 1.54) is 0 Å². The van der Waals surface area contributed by atoms with Crippen molar-refractivity contribution in [2.75, 3.05) is 26.2 Å². The molecular weight excluding hydrogens is 230 g/mol. The van der Waals surface area contributed by atoms with E-state index in [1.807, 2.05) is 6.92 Å². The number of rotatable bonds is 7. The maximum atomic E-state index is 11.1. The van der Waals surface area contributed by atoms with Crippen molar-refractivity contribution < 1.29 is 9.53 Å². The molecule has 1 fully saturated rings. The zero-order chi connectivity index (χ0) is 13.6. The Morgan fingerprint density at radius 2 is 2.06 bits per heavy atom. The van der Waals surface area contributed by atoms with Gasteiger partial charge in [0.2, 0.25) is 5.91 Å². The second-order valence-electron chi connectivity index (χ2n) is 5.38. The largest absolute Gasteiger partial charge is 0.378 e. The molecule has 0 bridgehead atoms. The normalized spacial score (nSPS) is 21.7. The van der Waals surface area contributed by atoms with E-state index in [2.05, 4.69) is 4.90 Å². The summed E-state index contributed by atoms with van der Waals surface area (Å²) in [5.41, 5.74) is 10.2. The molecule has 1 saturated heterocycles. The van der Waals surface area contributed by atoms with E-state index in [4.69, 9.17) is 16.2 Å². The monoisotopic (exact) mass is 257 g/mol. The fourth-order valence-electron chi connectivity index (χ4n) is 2.33. The number of primary amides is 1. The van der Waals surface area contributed by atoms with Gasteiger partial charge in [0.1, 0.15) is 0 Å². The number of amides is 1. The van der Waals surface area contributed by atoms with Crippen molar-refractivity contribution in [3.8, 4) is 0 Å². The van der Waals surface area contributed by atoms with Crippen LogP contribution in [0.15, 0.2) is 0 Å². The highest BCUT2D eigenvalue weighted by atomic mass is 16.5. The van der Waals surface area contributed by atoms with Crippen LogP contribution >= 0.6 is 0 Å². The number of nitrogens with two attached hydrogens (primary N) is 2. The number of nitrogens with zero attached hydrogens (tertiary/aromatic N) is 1. The molecule has 1 rings (SSSR count). The number of carbonyl (C=O) groups excluding carboxylic acids is 1. The maximum absolute atomic E-state index is 11.1. The lowest BCUT2D eigenvalue weighted by atomic mass is 9.96. The molecule has 5 nitrogen and oxygen atoms in total. The molecule has 1 atom stereocenters.